The summed E-state index contributed by atoms with van der Waals surface area (Å²) in [4.78, 5) is 9.19. The lowest BCUT2D eigenvalue weighted by Crippen LogP contribution is -1.97. The van der Waals surface area contributed by atoms with Gasteiger partial charge in [-0.1, -0.05) is 65.2 Å². The Morgan fingerprint density at radius 1 is 0.474 bits per heavy atom. The molecule has 0 N–H and O–H groups in total. The summed E-state index contributed by atoms with van der Waals surface area (Å²) in [6, 6.07) is 24.1. The van der Waals surface area contributed by atoms with Crippen LogP contribution in [0.4, 0.5) is 11.4 Å². The van der Waals surface area contributed by atoms with Gasteiger partial charge in [-0.25, -0.2) is 0 Å². The Bertz CT molecular complexity index is 982. The number of aliphatic imine (C=N–C) groups is 2. The van der Waals surface area contributed by atoms with Gasteiger partial charge in [0.1, 0.15) is 11.5 Å². The number of hydrogen-bond donors (Lipinski definition) is 0. The van der Waals surface area contributed by atoms with E-state index in [0.29, 0.717) is 0 Å². The van der Waals surface area contributed by atoms with E-state index in [1.807, 2.05) is 85.2 Å². The average Bonchev–Trinajstić information content (AvgIpc) is 2.96. The molecule has 0 saturated heterocycles. The first-order valence-corrected chi connectivity index (χ1v) is 14.4. The molecule has 0 heterocycles. The summed E-state index contributed by atoms with van der Waals surface area (Å²) in [5, 5.41) is 0. The van der Waals surface area contributed by atoms with Gasteiger partial charge >= 0.3 is 0 Å². The molecule has 0 aromatic heterocycles. The summed E-state index contributed by atoms with van der Waals surface area (Å²) in [6.07, 6.45) is 16.2. The number of rotatable bonds is 18. The summed E-state index contributed by atoms with van der Waals surface area (Å²) in [5.41, 5.74) is 3.89. The molecule has 4 heteroatoms. The lowest BCUT2D eigenvalue weighted by atomic mass is 10.2. The predicted octanol–water partition coefficient (Wildman–Crippen LogP) is 9.89. The van der Waals surface area contributed by atoms with E-state index in [1.54, 1.807) is 0 Å². The first-order chi connectivity index (χ1) is 18.8. The van der Waals surface area contributed by atoms with E-state index >= 15 is 0 Å². The van der Waals surface area contributed by atoms with Crippen LogP contribution in [0.5, 0.6) is 11.5 Å². The van der Waals surface area contributed by atoms with Crippen molar-refractivity contribution in [2.24, 2.45) is 9.98 Å². The summed E-state index contributed by atoms with van der Waals surface area (Å²) in [5.74, 6) is 1.83. The quantitative estimate of drug-likeness (QED) is 0.126. The highest BCUT2D eigenvalue weighted by Gasteiger charge is 1.98. The second kappa shape index (κ2) is 18.0. The fourth-order valence-electron chi connectivity index (χ4n) is 4.01. The monoisotopic (exact) mass is 512 g/mol. The Morgan fingerprint density at radius 3 is 1.21 bits per heavy atom. The van der Waals surface area contributed by atoms with Crippen LogP contribution in [0.1, 0.15) is 89.2 Å². The molecule has 0 fully saturated rings. The molecule has 0 saturated carbocycles. The first-order valence-electron chi connectivity index (χ1n) is 14.4. The Balaban J connectivity index is 1.39. The van der Waals surface area contributed by atoms with Crippen LogP contribution in [0.2, 0.25) is 0 Å². The molecule has 0 aliphatic heterocycles. The molecule has 4 nitrogen and oxygen atoms in total. The molecule has 3 rings (SSSR count). The molecule has 0 spiro atoms. The zero-order valence-corrected chi connectivity index (χ0v) is 23.3. The summed E-state index contributed by atoms with van der Waals surface area (Å²) >= 11 is 0. The molecule has 0 bridgehead atoms. The lowest BCUT2D eigenvalue weighted by molar-refractivity contribution is 0.304. The fraction of sp³-hybridized carbons (Fsp3) is 0.412. The third kappa shape index (κ3) is 11.8. The lowest BCUT2D eigenvalue weighted by Gasteiger charge is -2.06. The zero-order valence-electron chi connectivity index (χ0n) is 23.3. The summed E-state index contributed by atoms with van der Waals surface area (Å²) in [6.45, 7) is 6.04. The Morgan fingerprint density at radius 2 is 0.842 bits per heavy atom. The second-order valence-electron chi connectivity index (χ2n) is 9.70. The molecule has 0 atom stereocenters. The maximum absolute atomic E-state index is 5.84. The smallest absolute Gasteiger partial charge is 0.119 e. The van der Waals surface area contributed by atoms with Gasteiger partial charge in [0.15, 0.2) is 0 Å². The van der Waals surface area contributed by atoms with Crippen LogP contribution >= 0.6 is 0 Å². The van der Waals surface area contributed by atoms with Crippen LogP contribution in [-0.2, 0) is 0 Å². The number of ether oxygens (including phenoxy) is 2. The highest BCUT2D eigenvalue weighted by Crippen LogP contribution is 2.20. The van der Waals surface area contributed by atoms with E-state index in [0.717, 1.165) is 60.1 Å². The van der Waals surface area contributed by atoms with Crippen molar-refractivity contribution in [3.8, 4) is 11.5 Å². The van der Waals surface area contributed by atoms with Crippen molar-refractivity contribution in [1.29, 1.82) is 0 Å². The van der Waals surface area contributed by atoms with E-state index in [2.05, 4.69) is 23.8 Å². The SMILES string of the molecule is CCCCCCCOc1ccc(/C=N\c2ccc(/N=C\c3ccc(OCCCCCCC)cc3)cc2)cc1. The van der Waals surface area contributed by atoms with E-state index in [4.69, 9.17) is 9.47 Å². The molecule has 3 aromatic rings. The van der Waals surface area contributed by atoms with E-state index in [1.165, 1.54) is 51.4 Å². The molecule has 0 radical (unpaired) electrons. The third-order valence-corrected chi connectivity index (χ3v) is 6.37. The number of hydrogen-bond acceptors (Lipinski definition) is 4. The van der Waals surface area contributed by atoms with Crippen LogP contribution in [0, 0.1) is 0 Å². The Kier molecular flexibility index (Phi) is 13.8. The van der Waals surface area contributed by atoms with Crippen LogP contribution in [0.3, 0.4) is 0 Å². The first kappa shape index (κ1) is 29.2. The number of benzene rings is 3. The van der Waals surface area contributed by atoms with Crippen molar-refractivity contribution in [3.63, 3.8) is 0 Å². The highest BCUT2D eigenvalue weighted by atomic mass is 16.5. The predicted molar refractivity (Wildman–Crippen MR) is 162 cm³/mol. The van der Waals surface area contributed by atoms with Gasteiger partial charge in [-0.2, -0.15) is 0 Å². The van der Waals surface area contributed by atoms with Crippen molar-refractivity contribution in [2.75, 3.05) is 13.2 Å². The van der Waals surface area contributed by atoms with Gasteiger partial charge in [0.25, 0.3) is 0 Å². The molecular formula is C34H44N2O2. The number of unbranched alkanes of at least 4 members (excludes halogenated alkanes) is 8. The van der Waals surface area contributed by atoms with Gasteiger partial charge < -0.3 is 9.47 Å². The highest BCUT2D eigenvalue weighted by molar-refractivity contribution is 5.83. The average molecular weight is 513 g/mol. The minimum Gasteiger partial charge on any atom is -0.494 e. The largest absolute Gasteiger partial charge is 0.494 e. The Labute approximate surface area is 229 Å². The topological polar surface area (TPSA) is 43.2 Å². The minimum absolute atomic E-state index is 0.783. The van der Waals surface area contributed by atoms with Crippen molar-refractivity contribution in [2.45, 2.75) is 78.1 Å². The van der Waals surface area contributed by atoms with Crippen LogP contribution in [-0.4, -0.2) is 25.6 Å². The molecule has 0 amide bonds. The molecule has 38 heavy (non-hydrogen) atoms. The standard InChI is InChI=1S/C34H44N2O2/c1-3-5-7-9-11-25-37-33-21-13-29(14-22-33)27-35-31-17-19-32(20-18-31)36-28-30-15-23-34(24-16-30)38-26-12-10-8-6-4-2/h13-24,27-28H,3-12,25-26H2,1-2H3/b35-27-,36-28-. The van der Waals surface area contributed by atoms with Gasteiger partial charge in [0, 0.05) is 12.4 Å². The third-order valence-electron chi connectivity index (χ3n) is 6.37. The van der Waals surface area contributed by atoms with Crippen molar-refractivity contribution >= 4 is 23.8 Å². The maximum Gasteiger partial charge on any atom is 0.119 e. The number of nitrogens with zero attached hydrogens (tertiary/aromatic N) is 2. The minimum atomic E-state index is 0.783. The van der Waals surface area contributed by atoms with Crippen molar-refractivity contribution < 1.29 is 9.47 Å². The second-order valence-corrected chi connectivity index (χ2v) is 9.70. The van der Waals surface area contributed by atoms with Crippen LogP contribution in [0.25, 0.3) is 0 Å². The fourth-order valence-corrected chi connectivity index (χ4v) is 4.01. The van der Waals surface area contributed by atoms with Crippen molar-refractivity contribution in [1.82, 2.24) is 0 Å². The van der Waals surface area contributed by atoms with Crippen LogP contribution in [0.15, 0.2) is 82.8 Å². The summed E-state index contributed by atoms with van der Waals surface area (Å²) < 4.78 is 11.7. The van der Waals surface area contributed by atoms with Gasteiger partial charge in [-0.3, -0.25) is 9.98 Å². The molecular weight excluding hydrogens is 468 g/mol. The molecule has 0 unspecified atom stereocenters. The van der Waals surface area contributed by atoms with E-state index in [-0.39, 0.29) is 0 Å². The van der Waals surface area contributed by atoms with Gasteiger partial charge in [-0.15, -0.1) is 0 Å². The molecule has 3 aromatic carbocycles. The van der Waals surface area contributed by atoms with Gasteiger partial charge in [-0.05, 0) is 96.8 Å². The van der Waals surface area contributed by atoms with E-state index < -0.39 is 0 Å². The zero-order chi connectivity index (χ0) is 26.7. The molecule has 0 aliphatic carbocycles. The van der Waals surface area contributed by atoms with E-state index in [9.17, 15) is 0 Å². The van der Waals surface area contributed by atoms with Gasteiger partial charge in [0.2, 0.25) is 0 Å². The normalized spacial score (nSPS) is 11.4. The van der Waals surface area contributed by atoms with Crippen molar-refractivity contribution in [3.05, 3.63) is 83.9 Å². The molecule has 202 valence electrons. The molecule has 0 aliphatic rings. The summed E-state index contributed by atoms with van der Waals surface area (Å²) in [7, 11) is 0. The maximum atomic E-state index is 5.84. The van der Waals surface area contributed by atoms with Crippen LogP contribution < -0.4 is 9.47 Å². The van der Waals surface area contributed by atoms with Gasteiger partial charge in [0.05, 0.1) is 24.6 Å². The Hall–Kier alpha value is -3.40.